The van der Waals surface area contributed by atoms with Gasteiger partial charge in [0.15, 0.2) is 0 Å². The van der Waals surface area contributed by atoms with E-state index in [0.29, 0.717) is 5.92 Å². The molecule has 1 aliphatic rings. The van der Waals surface area contributed by atoms with Crippen LogP contribution in [0.15, 0.2) is 42.5 Å². The van der Waals surface area contributed by atoms with Gasteiger partial charge in [0.05, 0.1) is 0 Å². The topological polar surface area (TPSA) is 16.1 Å². The monoisotopic (exact) mass is 284 g/mol. The van der Waals surface area contributed by atoms with Gasteiger partial charge in [-0.3, -0.25) is 4.98 Å². The third-order valence-electron chi connectivity index (χ3n) is 4.17. The highest BCUT2D eigenvalue weighted by Gasteiger charge is 2.20. The Hall–Kier alpha value is -1.74. The fraction of sp³-hybridized carbons (Fsp3) is 0.389. The lowest BCUT2D eigenvalue weighted by Gasteiger charge is -2.29. The summed E-state index contributed by atoms with van der Waals surface area (Å²) in [6, 6.07) is 13.0. The number of benzene rings is 1. The van der Waals surface area contributed by atoms with Gasteiger partial charge in [-0.15, -0.1) is 0 Å². The molecule has 1 fully saturated rings. The Labute approximate surface area is 125 Å². The largest absolute Gasteiger partial charge is 0.306 e. The molecule has 1 aromatic heterocycles. The third-order valence-corrected chi connectivity index (χ3v) is 4.17. The van der Waals surface area contributed by atoms with Crippen LogP contribution in [0.2, 0.25) is 0 Å². The average Bonchev–Trinajstić information content (AvgIpc) is 2.50. The van der Waals surface area contributed by atoms with Gasteiger partial charge in [-0.2, -0.15) is 0 Å². The van der Waals surface area contributed by atoms with Crippen molar-refractivity contribution in [2.75, 3.05) is 20.1 Å². The zero-order chi connectivity index (χ0) is 14.7. The summed E-state index contributed by atoms with van der Waals surface area (Å²) in [7, 11) is 2.18. The van der Waals surface area contributed by atoms with Crippen molar-refractivity contribution in [1.29, 1.82) is 0 Å². The van der Waals surface area contributed by atoms with Crippen molar-refractivity contribution in [1.82, 2.24) is 9.88 Å². The minimum atomic E-state index is -0.189. The first-order chi connectivity index (χ1) is 10.2. The van der Waals surface area contributed by atoms with Crippen LogP contribution in [0.4, 0.5) is 4.39 Å². The Morgan fingerprint density at radius 2 is 2.00 bits per heavy atom. The number of pyridine rings is 1. The summed E-state index contributed by atoms with van der Waals surface area (Å²) in [5.74, 6) is 0.350. The van der Waals surface area contributed by atoms with Crippen LogP contribution in [0.5, 0.6) is 0 Å². The molecule has 0 unspecified atom stereocenters. The zero-order valence-electron chi connectivity index (χ0n) is 12.4. The number of rotatable bonds is 3. The Morgan fingerprint density at radius 1 is 1.19 bits per heavy atom. The van der Waals surface area contributed by atoms with Crippen LogP contribution in [0, 0.1) is 5.82 Å². The minimum Gasteiger partial charge on any atom is -0.306 e. The second kappa shape index (κ2) is 6.35. The van der Waals surface area contributed by atoms with Crippen LogP contribution < -0.4 is 0 Å². The molecule has 2 nitrogen and oxygen atoms in total. The molecule has 2 aromatic rings. The summed E-state index contributed by atoms with van der Waals surface area (Å²) >= 11 is 0. The highest BCUT2D eigenvalue weighted by molar-refractivity contribution is 5.24. The van der Waals surface area contributed by atoms with Gasteiger partial charge in [0, 0.05) is 30.3 Å². The Bertz CT molecular complexity index is 594. The van der Waals surface area contributed by atoms with Gasteiger partial charge in [-0.25, -0.2) is 4.39 Å². The molecule has 0 spiro atoms. The number of aromatic nitrogens is 1. The zero-order valence-corrected chi connectivity index (χ0v) is 12.4. The van der Waals surface area contributed by atoms with E-state index in [4.69, 9.17) is 4.98 Å². The van der Waals surface area contributed by atoms with E-state index >= 15 is 0 Å². The summed E-state index contributed by atoms with van der Waals surface area (Å²) in [5, 5.41) is 0. The number of piperidine rings is 1. The molecule has 0 N–H and O–H groups in total. The molecule has 1 aromatic carbocycles. The van der Waals surface area contributed by atoms with Crippen LogP contribution in [0.3, 0.4) is 0 Å². The molecule has 1 saturated heterocycles. The molecule has 3 heteroatoms. The van der Waals surface area contributed by atoms with Crippen LogP contribution in [-0.4, -0.2) is 30.0 Å². The van der Waals surface area contributed by atoms with Crippen molar-refractivity contribution >= 4 is 0 Å². The van der Waals surface area contributed by atoms with Gasteiger partial charge < -0.3 is 4.90 Å². The number of halogens is 1. The molecule has 0 amide bonds. The SMILES string of the molecule is CN1CCC[C@@H](c2cccc(Cc3ccc(F)cc3)n2)C1. The molecule has 1 atom stereocenters. The first kappa shape index (κ1) is 14.2. The molecule has 1 aliphatic heterocycles. The molecular formula is C18H21FN2. The summed E-state index contributed by atoms with van der Waals surface area (Å²) in [6.07, 6.45) is 3.22. The molecule has 110 valence electrons. The lowest BCUT2D eigenvalue weighted by atomic mass is 9.94. The van der Waals surface area contributed by atoms with Gasteiger partial charge in [-0.05, 0) is 56.3 Å². The molecule has 21 heavy (non-hydrogen) atoms. The van der Waals surface area contributed by atoms with Crippen LogP contribution >= 0.6 is 0 Å². The predicted octanol–water partition coefficient (Wildman–Crippen LogP) is 3.62. The van der Waals surface area contributed by atoms with E-state index < -0.39 is 0 Å². The fourth-order valence-electron chi connectivity index (χ4n) is 3.04. The van der Waals surface area contributed by atoms with Crippen molar-refractivity contribution in [3.8, 4) is 0 Å². The van der Waals surface area contributed by atoms with Crippen molar-refractivity contribution in [2.45, 2.75) is 25.2 Å². The van der Waals surface area contributed by atoms with Crippen molar-refractivity contribution in [3.05, 3.63) is 65.2 Å². The first-order valence-corrected chi connectivity index (χ1v) is 7.59. The molecular weight excluding hydrogens is 263 g/mol. The smallest absolute Gasteiger partial charge is 0.123 e. The molecule has 0 aliphatic carbocycles. The number of hydrogen-bond donors (Lipinski definition) is 0. The van der Waals surface area contributed by atoms with E-state index in [2.05, 4.69) is 30.1 Å². The van der Waals surface area contributed by atoms with Crippen molar-refractivity contribution in [3.63, 3.8) is 0 Å². The van der Waals surface area contributed by atoms with Crippen LogP contribution in [0.1, 0.15) is 35.7 Å². The third kappa shape index (κ3) is 3.67. The lowest BCUT2D eigenvalue weighted by molar-refractivity contribution is 0.248. The van der Waals surface area contributed by atoms with Gasteiger partial charge >= 0.3 is 0 Å². The van der Waals surface area contributed by atoms with E-state index in [9.17, 15) is 4.39 Å². The van der Waals surface area contributed by atoms with E-state index in [1.165, 1.54) is 37.2 Å². The van der Waals surface area contributed by atoms with Gasteiger partial charge in [0.1, 0.15) is 5.82 Å². The maximum Gasteiger partial charge on any atom is 0.123 e. The maximum atomic E-state index is 12.9. The normalized spacial score (nSPS) is 19.6. The average molecular weight is 284 g/mol. The Balaban J connectivity index is 1.75. The number of nitrogens with zero attached hydrogens (tertiary/aromatic N) is 2. The first-order valence-electron chi connectivity index (χ1n) is 7.59. The molecule has 3 rings (SSSR count). The summed E-state index contributed by atoms with van der Waals surface area (Å²) < 4.78 is 12.9. The highest BCUT2D eigenvalue weighted by Crippen LogP contribution is 2.25. The van der Waals surface area contributed by atoms with Crippen molar-refractivity contribution < 1.29 is 4.39 Å². The molecule has 0 bridgehead atoms. The van der Waals surface area contributed by atoms with E-state index in [1.807, 2.05) is 12.1 Å². The number of likely N-dealkylation sites (tertiary alicyclic amines) is 1. The predicted molar refractivity (Wildman–Crippen MR) is 82.9 cm³/mol. The second-order valence-corrected chi connectivity index (χ2v) is 5.96. The quantitative estimate of drug-likeness (QED) is 0.856. The minimum absolute atomic E-state index is 0.189. The van der Waals surface area contributed by atoms with Crippen molar-refractivity contribution in [2.24, 2.45) is 0 Å². The number of likely N-dealkylation sites (N-methyl/N-ethyl adjacent to an activating group) is 1. The summed E-state index contributed by atoms with van der Waals surface area (Å²) in [6.45, 7) is 2.28. The fourth-order valence-corrected chi connectivity index (χ4v) is 3.04. The van der Waals surface area contributed by atoms with E-state index in [0.717, 1.165) is 24.2 Å². The van der Waals surface area contributed by atoms with Crippen LogP contribution in [-0.2, 0) is 6.42 Å². The Kier molecular flexibility index (Phi) is 4.30. The lowest BCUT2D eigenvalue weighted by Crippen LogP contribution is -2.31. The standard InChI is InChI=1S/C18H21FN2/c1-21-11-3-4-15(13-21)18-6-2-5-17(20-18)12-14-7-9-16(19)10-8-14/h2,5-10,15H,3-4,11-13H2,1H3/t15-/m1/s1. The summed E-state index contributed by atoms with van der Waals surface area (Å²) in [5.41, 5.74) is 3.36. The second-order valence-electron chi connectivity index (χ2n) is 5.96. The van der Waals surface area contributed by atoms with E-state index in [1.54, 1.807) is 0 Å². The maximum absolute atomic E-state index is 12.9. The molecule has 0 radical (unpaired) electrons. The molecule has 2 heterocycles. The Morgan fingerprint density at radius 3 is 2.76 bits per heavy atom. The van der Waals surface area contributed by atoms with Gasteiger partial charge in [0.25, 0.3) is 0 Å². The molecule has 0 saturated carbocycles. The number of hydrogen-bond acceptors (Lipinski definition) is 2. The summed E-state index contributed by atoms with van der Waals surface area (Å²) in [4.78, 5) is 7.21. The van der Waals surface area contributed by atoms with E-state index in [-0.39, 0.29) is 5.82 Å². The van der Waals surface area contributed by atoms with Gasteiger partial charge in [0.2, 0.25) is 0 Å². The van der Waals surface area contributed by atoms with Crippen LogP contribution in [0.25, 0.3) is 0 Å². The van der Waals surface area contributed by atoms with Gasteiger partial charge in [-0.1, -0.05) is 18.2 Å². The highest BCUT2D eigenvalue weighted by atomic mass is 19.1.